The molecule has 5 rings (SSSR count). The van der Waals surface area contributed by atoms with Crippen molar-refractivity contribution in [3.8, 4) is 0 Å². The quantitative estimate of drug-likeness (QED) is 0.633. The van der Waals surface area contributed by atoms with Gasteiger partial charge in [-0.3, -0.25) is 4.79 Å². The first-order valence-electron chi connectivity index (χ1n) is 10.2. The van der Waals surface area contributed by atoms with Crippen LogP contribution in [0, 0.1) is 0 Å². The molecule has 1 spiro atoms. The second kappa shape index (κ2) is 6.80. The van der Waals surface area contributed by atoms with Gasteiger partial charge in [0.2, 0.25) is 0 Å². The van der Waals surface area contributed by atoms with Crippen molar-refractivity contribution in [3.63, 3.8) is 0 Å². The maximum absolute atomic E-state index is 13.9. The van der Waals surface area contributed by atoms with Gasteiger partial charge in [0, 0.05) is 12.0 Å². The molecule has 1 unspecified atom stereocenters. The highest BCUT2D eigenvalue weighted by atomic mass is 35.5. The molecule has 0 bridgehead atoms. The lowest BCUT2D eigenvalue weighted by atomic mass is 9.74. The summed E-state index contributed by atoms with van der Waals surface area (Å²) in [4.78, 5) is 29.1. The van der Waals surface area contributed by atoms with Crippen LogP contribution < -0.4 is 16.0 Å². The average molecular weight is 439 g/mol. The summed E-state index contributed by atoms with van der Waals surface area (Å²) in [5.41, 5.74) is 1.14. The van der Waals surface area contributed by atoms with Crippen molar-refractivity contribution in [1.29, 1.82) is 0 Å². The Morgan fingerprint density at radius 3 is 2.70 bits per heavy atom. The Labute approximate surface area is 175 Å². The first-order valence-corrected chi connectivity index (χ1v) is 10.6. The van der Waals surface area contributed by atoms with Gasteiger partial charge in [0.1, 0.15) is 5.52 Å². The number of rotatable bonds is 2. The summed E-state index contributed by atoms with van der Waals surface area (Å²) < 4.78 is 33.6. The zero-order chi connectivity index (χ0) is 21.1. The number of aromatic nitrogens is 1. The molecule has 0 radical (unpaired) electrons. The van der Waals surface area contributed by atoms with E-state index in [1.54, 1.807) is 0 Å². The average Bonchev–Trinajstić information content (AvgIpc) is 3.25. The molecule has 160 valence electrons. The summed E-state index contributed by atoms with van der Waals surface area (Å²) in [6.45, 7) is 0. The van der Waals surface area contributed by atoms with Gasteiger partial charge in [-0.05, 0) is 31.7 Å². The van der Waals surface area contributed by atoms with Crippen LogP contribution >= 0.6 is 11.6 Å². The van der Waals surface area contributed by atoms with Crippen LogP contribution in [-0.4, -0.2) is 28.9 Å². The highest BCUT2D eigenvalue weighted by Gasteiger charge is 2.46. The van der Waals surface area contributed by atoms with Crippen molar-refractivity contribution in [2.24, 2.45) is 0 Å². The summed E-state index contributed by atoms with van der Waals surface area (Å²) in [7, 11) is 0. The van der Waals surface area contributed by atoms with Crippen LogP contribution in [-0.2, 0) is 5.54 Å². The first kappa shape index (κ1) is 19.5. The molecule has 10 heteroatoms. The van der Waals surface area contributed by atoms with E-state index in [1.807, 2.05) is 0 Å². The van der Waals surface area contributed by atoms with Crippen LogP contribution in [0.2, 0.25) is 5.02 Å². The van der Waals surface area contributed by atoms with Crippen LogP contribution in [0.1, 0.15) is 67.6 Å². The van der Waals surface area contributed by atoms with Crippen molar-refractivity contribution in [3.05, 3.63) is 22.5 Å². The molecule has 2 fully saturated rings. The molecule has 3 amide bonds. The molecule has 2 saturated carbocycles. The van der Waals surface area contributed by atoms with Crippen LogP contribution in [0.3, 0.4) is 0 Å². The topological polar surface area (TPSA) is 96.3 Å². The molecule has 1 aromatic heterocycles. The number of anilines is 1. The number of fused-ring (bicyclic) bond motifs is 4. The summed E-state index contributed by atoms with van der Waals surface area (Å²) in [5.74, 6) is -4.02. The molecule has 0 saturated heterocycles. The third-order valence-corrected chi connectivity index (χ3v) is 6.72. The minimum Gasteiger partial charge on any atom is -0.432 e. The number of urea groups is 1. The van der Waals surface area contributed by atoms with Crippen molar-refractivity contribution < 1.29 is 22.8 Å². The van der Waals surface area contributed by atoms with Gasteiger partial charge in [-0.25, -0.2) is 18.6 Å². The molecule has 3 N–H and O–H groups in total. The second-order valence-corrected chi connectivity index (χ2v) is 8.78. The minimum absolute atomic E-state index is 0.208. The Bertz CT molecular complexity index is 1050. The molecule has 7 nitrogen and oxygen atoms in total. The van der Waals surface area contributed by atoms with E-state index in [-0.39, 0.29) is 24.8 Å². The standard InChI is InChI=1S/C20H21ClF2N4O3/c21-10-9-11-15(13-14(10)26-18(29)27-19(13)6-2-1-3-7-19)30-17(24-11)16(28)25-12-5-4-8-20(12,22)23/h9,12H,1-8H2,(H,25,28)(H2,26,27,29). The lowest BCUT2D eigenvalue weighted by Crippen LogP contribution is -2.52. The van der Waals surface area contributed by atoms with E-state index in [9.17, 15) is 18.4 Å². The van der Waals surface area contributed by atoms with E-state index in [0.29, 0.717) is 46.6 Å². The molecule has 3 aliphatic rings. The second-order valence-electron chi connectivity index (χ2n) is 8.38. The maximum Gasteiger partial charge on any atom is 0.319 e. The van der Waals surface area contributed by atoms with Gasteiger partial charge < -0.3 is 20.4 Å². The van der Waals surface area contributed by atoms with E-state index in [0.717, 1.165) is 19.3 Å². The predicted molar refractivity (Wildman–Crippen MR) is 106 cm³/mol. The lowest BCUT2D eigenvalue weighted by Gasteiger charge is -2.42. The number of halogens is 3. The smallest absolute Gasteiger partial charge is 0.319 e. The van der Waals surface area contributed by atoms with E-state index in [4.69, 9.17) is 16.0 Å². The number of oxazole rings is 1. The molecular weight excluding hydrogens is 418 g/mol. The molecule has 2 aromatic rings. The van der Waals surface area contributed by atoms with Gasteiger partial charge in [-0.2, -0.15) is 0 Å². The van der Waals surface area contributed by atoms with E-state index in [2.05, 4.69) is 20.9 Å². The molecular formula is C20H21ClF2N4O3. The van der Waals surface area contributed by atoms with Crippen LogP contribution in [0.25, 0.3) is 11.1 Å². The SMILES string of the molecule is O=C1Nc2c(Cl)cc3nc(C(=O)NC4CCCC4(F)F)oc3c2C2(CCCCC2)N1. The zero-order valence-electron chi connectivity index (χ0n) is 16.1. The monoisotopic (exact) mass is 438 g/mol. The minimum atomic E-state index is -2.94. The fraction of sp³-hybridized carbons (Fsp3) is 0.550. The number of hydrogen-bond acceptors (Lipinski definition) is 4. The largest absolute Gasteiger partial charge is 0.432 e. The molecule has 1 aromatic carbocycles. The van der Waals surface area contributed by atoms with E-state index < -0.39 is 23.4 Å². The first-order chi connectivity index (χ1) is 14.3. The van der Waals surface area contributed by atoms with Crippen LogP contribution in [0.4, 0.5) is 19.3 Å². The number of carbonyl (C=O) groups is 2. The number of alkyl halides is 2. The van der Waals surface area contributed by atoms with Crippen LogP contribution in [0.15, 0.2) is 10.5 Å². The highest BCUT2D eigenvalue weighted by molar-refractivity contribution is 6.35. The van der Waals surface area contributed by atoms with Gasteiger partial charge >= 0.3 is 11.9 Å². The fourth-order valence-electron chi connectivity index (χ4n) is 4.99. The van der Waals surface area contributed by atoms with E-state index in [1.165, 1.54) is 6.07 Å². The lowest BCUT2D eigenvalue weighted by molar-refractivity contribution is -0.0167. The van der Waals surface area contributed by atoms with Crippen molar-refractivity contribution in [2.45, 2.75) is 68.9 Å². The number of nitrogens with one attached hydrogen (secondary N) is 3. The number of carbonyl (C=O) groups excluding carboxylic acids is 2. The van der Waals surface area contributed by atoms with Crippen molar-refractivity contribution >= 4 is 40.3 Å². The zero-order valence-corrected chi connectivity index (χ0v) is 16.9. The Hall–Kier alpha value is -2.42. The molecule has 30 heavy (non-hydrogen) atoms. The van der Waals surface area contributed by atoms with Crippen molar-refractivity contribution in [2.75, 3.05) is 5.32 Å². The van der Waals surface area contributed by atoms with Gasteiger partial charge in [-0.15, -0.1) is 0 Å². The summed E-state index contributed by atoms with van der Waals surface area (Å²) in [5, 5.41) is 8.40. The Morgan fingerprint density at radius 1 is 1.23 bits per heavy atom. The molecule has 2 aliphatic carbocycles. The number of benzene rings is 1. The Morgan fingerprint density at radius 2 is 2.00 bits per heavy atom. The molecule has 2 heterocycles. The third kappa shape index (κ3) is 3.02. The summed E-state index contributed by atoms with van der Waals surface area (Å²) >= 11 is 6.43. The van der Waals surface area contributed by atoms with Gasteiger partial charge in [0.05, 0.1) is 22.3 Å². The molecule has 1 aliphatic heterocycles. The normalized spacial score (nSPS) is 24.4. The van der Waals surface area contributed by atoms with Crippen LogP contribution in [0.5, 0.6) is 0 Å². The van der Waals surface area contributed by atoms with Gasteiger partial charge in [-0.1, -0.05) is 30.9 Å². The Kier molecular flexibility index (Phi) is 4.43. The molecule has 1 atom stereocenters. The number of amides is 3. The number of hydrogen-bond donors (Lipinski definition) is 3. The fourth-order valence-corrected chi connectivity index (χ4v) is 5.23. The third-order valence-electron chi connectivity index (χ3n) is 6.42. The maximum atomic E-state index is 13.9. The summed E-state index contributed by atoms with van der Waals surface area (Å²) in [6.07, 6.45) is 4.63. The summed E-state index contributed by atoms with van der Waals surface area (Å²) in [6, 6.07) is -0.0581. The van der Waals surface area contributed by atoms with Crippen molar-refractivity contribution in [1.82, 2.24) is 15.6 Å². The van der Waals surface area contributed by atoms with E-state index >= 15 is 0 Å². The number of nitrogens with zero attached hydrogens (tertiary/aromatic N) is 1. The van der Waals surface area contributed by atoms with Gasteiger partial charge in [0.25, 0.3) is 11.8 Å². The van der Waals surface area contributed by atoms with Gasteiger partial charge in [0.15, 0.2) is 5.58 Å². The highest BCUT2D eigenvalue weighted by Crippen LogP contribution is 2.48. The predicted octanol–water partition coefficient (Wildman–Crippen LogP) is 4.69. The Balaban J connectivity index is 1.58.